The molecule has 0 spiro atoms. The number of piperazine rings is 1. The first-order valence-electron chi connectivity index (χ1n) is 8.13. The van der Waals surface area contributed by atoms with E-state index in [2.05, 4.69) is 0 Å². The zero-order valence-electron chi connectivity index (χ0n) is 14.4. The van der Waals surface area contributed by atoms with Gasteiger partial charge in [-0.05, 0) is 12.1 Å². The van der Waals surface area contributed by atoms with Crippen molar-refractivity contribution >= 4 is 21.9 Å². The molecule has 0 atom stereocenters. The summed E-state index contributed by atoms with van der Waals surface area (Å²) in [5.41, 5.74) is 1.28. The molecule has 7 nitrogen and oxygen atoms in total. The van der Waals surface area contributed by atoms with Crippen molar-refractivity contribution in [3.05, 3.63) is 29.8 Å². The van der Waals surface area contributed by atoms with Gasteiger partial charge in [0.2, 0.25) is 0 Å². The van der Waals surface area contributed by atoms with E-state index in [0.29, 0.717) is 44.8 Å². The highest BCUT2D eigenvalue weighted by atomic mass is 32.2. The van der Waals surface area contributed by atoms with Gasteiger partial charge in [-0.3, -0.25) is 0 Å². The summed E-state index contributed by atoms with van der Waals surface area (Å²) >= 11 is 0. The Balaban J connectivity index is 2.13. The van der Waals surface area contributed by atoms with Crippen molar-refractivity contribution in [2.24, 2.45) is 0 Å². The maximum absolute atomic E-state index is 12.6. The molecule has 1 heterocycles. The van der Waals surface area contributed by atoms with Gasteiger partial charge in [-0.2, -0.15) is 17.0 Å². The Morgan fingerprint density at radius 1 is 1.12 bits per heavy atom. The van der Waals surface area contributed by atoms with Gasteiger partial charge in [0.05, 0.1) is 18.4 Å². The molecular weight excluding hydrogens is 330 g/mol. The average Bonchev–Trinajstić information content (AvgIpc) is 2.62. The lowest BCUT2D eigenvalue weighted by molar-refractivity contribution is 0.0601. The van der Waals surface area contributed by atoms with E-state index < -0.39 is 10.2 Å². The average molecular weight is 355 g/mol. The molecule has 2 rings (SSSR count). The summed E-state index contributed by atoms with van der Waals surface area (Å²) in [6, 6.07) is 7.23. The second kappa shape index (κ2) is 7.96. The second-order valence-corrected chi connectivity index (χ2v) is 7.42. The van der Waals surface area contributed by atoms with E-state index >= 15 is 0 Å². The van der Waals surface area contributed by atoms with Crippen molar-refractivity contribution in [2.45, 2.75) is 13.8 Å². The molecule has 0 amide bonds. The fourth-order valence-corrected chi connectivity index (χ4v) is 4.51. The number of methoxy groups -OCH3 is 1. The van der Waals surface area contributed by atoms with Gasteiger partial charge in [0.1, 0.15) is 0 Å². The Bertz CT molecular complexity index is 666. The topological polar surface area (TPSA) is 70.2 Å². The van der Waals surface area contributed by atoms with Crippen molar-refractivity contribution in [1.29, 1.82) is 0 Å². The van der Waals surface area contributed by atoms with Crippen LogP contribution in [0, 0.1) is 0 Å². The van der Waals surface area contributed by atoms with Crippen LogP contribution in [0.5, 0.6) is 0 Å². The Morgan fingerprint density at radius 3 is 2.25 bits per heavy atom. The highest BCUT2D eigenvalue weighted by Gasteiger charge is 2.31. The van der Waals surface area contributed by atoms with Crippen LogP contribution < -0.4 is 4.90 Å². The van der Waals surface area contributed by atoms with Crippen LogP contribution in [0.4, 0.5) is 5.69 Å². The van der Waals surface area contributed by atoms with E-state index in [1.807, 2.05) is 30.9 Å². The predicted molar refractivity (Wildman–Crippen MR) is 93.4 cm³/mol. The number of ether oxygens (including phenoxy) is 1. The summed E-state index contributed by atoms with van der Waals surface area (Å²) in [4.78, 5) is 13.9. The van der Waals surface area contributed by atoms with Crippen LogP contribution in [0.3, 0.4) is 0 Å². The quantitative estimate of drug-likeness (QED) is 0.717. The zero-order chi connectivity index (χ0) is 17.7. The third-order valence-electron chi connectivity index (χ3n) is 4.25. The minimum Gasteiger partial charge on any atom is -0.465 e. The van der Waals surface area contributed by atoms with Gasteiger partial charge in [0.15, 0.2) is 0 Å². The largest absolute Gasteiger partial charge is 0.465 e. The minimum atomic E-state index is -3.41. The molecule has 0 unspecified atom stereocenters. The summed E-state index contributed by atoms with van der Waals surface area (Å²) in [6.45, 7) is 6.47. The second-order valence-electron chi connectivity index (χ2n) is 5.49. The SMILES string of the molecule is CCN(CC)S(=O)(=O)N1CCN(c2ccccc2C(=O)OC)CC1. The number of carbonyl (C=O) groups excluding carboxylic acids is 1. The van der Waals surface area contributed by atoms with Crippen molar-refractivity contribution in [3.63, 3.8) is 0 Å². The molecule has 1 aliphatic rings. The third kappa shape index (κ3) is 3.71. The number of benzene rings is 1. The predicted octanol–water partition coefficient (Wildman–Crippen LogP) is 1.18. The minimum absolute atomic E-state index is 0.385. The molecule has 0 radical (unpaired) electrons. The molecule has 24 heavy (non-hydrogen) atoms. The fourth-order valence-electron chi connectivity index (χ4n) is 2.90. The van der Waals surface area contributed by atoms with Crippen molar-refractivity contribution in [2.75, 3.05) is 51.3 Å². The normalized spacial score (nSPS) is 16.4. The molecule has 1 fully saturated rings. The van der Waals surface area contributed by atoms with Crippen LogP contribution in [-0.4, -0.2) is 69.4 Å². The van der Waals surface area contributed by atoms with Gasteiger partial charge < -0.3 is 9.64 Å². The van der Waals surface area contributed by atoms with Gasteiger partial charge in [-0.1, -0.05) is 26.0 Å². The first kappa shape index (κ1) is 18.7. The monoisotopic (exact) mass is 355 g/mol. The van der Waals surface area contributed by atoms with Crippen LogP contribution >= 0.6 is 0 Å². The highest BCUT2D eigenvalue weighted by molar-refractivity contribution is 7.86. The number of hydrogen-bond donors (Lipinski definition) is 0. The first-order chi connectivity index (χ1) is 11.5. The van der Waals surface area contributed by atoms with Crippen molar-refractivity contribution < 1.29 is 17.9 Å². The molecule has 0 aromatic heterocycles. The van der Waals surface area contributed by atoms with E-state index in [0.717, 1.165) is 5.69 Å². The molecule has 1 aromatic rings. The lowest BCUT2D eigenvalue weighted by Crippen LogP contribution is -2.53. The molecule has 1 saturated heterocycles. The number of hydrogen-bond acceptors (Lipinski definition) is 5. The summed E-state index contributed by atoms with van der Waals surface area (Å²) in [5, 5.41) is 0. The van der Waals surface area contributed by atoms with Crippen LogP contribution in [0.1, 0.15) is 24.2 Å². The van der Waals surface area contributed by atoms with E-state index in [1.54, 1.807) is 12.1 Å². The zero-order valence-corrected chi connectivity index (χ0v) is 15.3. The lowest BCUT2D eigenvalue weighted by Gasteiger charge is -2.37. The Morgan fingerprint density at radius 2 is 1.71 bits per heavy atom. The summed E-state index contributed by atoms with van der Waals surface area (Å²) < 4.78 is 32.9. The summed E-state index contributed by atoms with van der Waals surface area (Å²) in [6.07, 6.45) is 0. The molecule has 1 aliphatic heterocycles. The van der Waals surface area contributed by atoms with Crippen molar-refractivity contribution in [3.8, 4) is 0 Å². The molecule has 0 aliphatic carbocycles. The van der Waals surface area contributed by atoms with E-state index in [-0.39, 0.29) is 5.97 Å². The highest BCUT2D eigenvalue weighted by Crippen LogP contribution is 2.23. The Kier molecular flexibility index (Phi) is 6.20. The number of para-hydroxylation sites is 1. The number of esters is 1. The van der Waals surface area contributed by atoms with E-state index in [1.165, 1.54) is 15.7 Å². The molecule has 134 valence electrons. The van der Waals surface area contributed by atoms with Gasteiger partial charge in [0, 0.05) is 39.3 Å². The van der Waals surface area contributed by atoms with Crippen molar-refractivity contribution in [1.82, 2.24) is 8.61 Å². The standard InChI is InChI=1S/C16H25N3O4S/c1-4-18(5-2)24(21,22)19-12-10-17(11-13-19)15-9-7-6-8-14(15)16(20)23-3/h6-9H,4-5,10-13H2,1-3H3. The molecule has 0 N–H and O–H groups in total. The van der Waals surface area contributed by atoms with Gasteiger partial charge in [-0.25, -0.2) is 4.79 Å². The molecule has 0 bridgehead atoms. The number of anilines is 1. The number of rotatable bonds is 6. The first-order valence-corrected chi connectivity index (χ1v) is 9.52. The fraction of sp³-hybridized carbons (Fsp3) is 0.562. The molecule has 8 heteroatoms. The Labute approximate surface area is 144 Å². The third-order valence-corrected chi connectivity index (χ3v) is 6.43. The van der Waals surface area contributed by atoms with Crippen LogP contribution in [0.15, 0.2) is 24.3 Å². The smallest absolute Gasteiger partial charge is 0.339 e. The van der Waals surface area contributed by atoms with Gasteiger partial charge >= 0.3 is 5.97 Å². The number of carbonyl (C=O) groups is 1. The molecule has 1 aromatic carbocycles. The lowest BCUT2D eigenvalue weighted by atomic mass is 10.1. The molecular formula is C16H25N3O4S. The molecule has 0 saturated carbocycles. The van der Waals surface area contributed by atoms with Crippen LogP contribution in [0.25, 0.3) is 0 Å². The maximum Gasteiger partial charge on any atom is 0.339 e. The van der Waals surface area contributed by atoms with E-state index in [9.17, 15) is 13.2 Å². The van der Waals surface area contributed by atoms with Crippen LogP contribution in [-0.2, 0) is 14.9 Å². The van der Waals surface area contributed by atoms with Gasteiger partial charge in [0.25, 0.3) is 10.2 Å². The maximum atomic E-state index is 12.6. The Hall–Kier alpha value is -1.64. The van der Waals surface area contributed by atoms with Gasteiger partial charge in [-0.15, -0.1) is 0 Å². The number of nitrogens with zero attached hydrogens (tertiary/aromatic N) is 3. The summed E-state index contributed by atoms with van der Waals surface area (Å²) in [5.74, 6) is -0.385. The summed E-state index contributed by atoms with van der Waals surface area (Å²) in [7, 11) is -2.06. The van der Waals surface area contributed by atoms with E-state index in [4.69, 9.17) is 4.74 Å². The van der Waals surface area contributed by atoms with Crippen LogP contribution in [0.2, 0.25) is 0 Å².